The second-order valence-corrected chi connectivity index (χ2v) is 9.04. The van der Waals surface area contributed by atoms with Crippen LogP contribution < -0.4 is 9.47 Å². The fourth-order valence-corrected chi connectivity index (χ4v) is 4.78. The van der Waals surface area contributed by atoms with Crippen LogP contribution in [0.1, 0.15) is 56.1 Å². The van der Waals surface area contributed by atoms with Gasteiger partial charge >= 0.3 is 6.36 Å². The molecule has 0 radical (unpaired) electrons. The molecule has 0 aromatic heterocycles. The maximum atomic E-state index is 14.6. The third-order valence-electron chi connectivity index (χ3n) is 6.82. The van der Waals surface area contributed by atoms with Gasteiger partial charge in [-0.15, -0.1) is 13.2 Å². The largest absolute Gasteiger partial charge is 0.573 e. The molecule has 35 heavy (non-hydrogen) atoms. The van der Waals surface area contributed by atoms with Crippen LogP contribution in [-0.4, -0.2) is 6.36 Å². The second-order valence-electron chi connectivity index (χ2n) is 9.04. The average Bonchev–Trinajstić information content (AvgIpc) is 2.84. The Morgan fingerprint density at radius 2 is 1.46 bits per heavy atom. The molecule has 1 saturated carbocycles. The third-order valence-corrected chi connectivity index (χ3v) is 6.82. The summed E-state index contributed by atoms with van der Waals surface area (Å²) in [5, 5.41) is 0. The van der Waals surface area contributed by atoms with E-state index in [1.807, 2.05) is 24.3 Å². The highest BCUT2D eigenvalue weighted by molar-refractivity contribution is 5.70. The summed E-state index contributed by atoms with van der Waals surface area (Å²) in [6, 6.07) is 13.5. The summed E-state index contributed by atoms with van der Waals surface area (Å²) in [7, 11) is 0. The number of hydrogen-bond acceptors (Lipinski definition) is 2. The minimum absolute atomic E-state index is 0.0519. The van der Waals surface area contributed by atoms with E-state index in [4.69, 9.17) is 4.74 Å². The van der Waals surface area contributed by atoms with Crippen LogP contribution in [0.4, 0.5) is 22.0 Å². The van der Waals surface area contributed by atoms with Crippen LogP contribution in [0, 0.1) is 24.5 Å². The Morgan fingerprint density at radius 3 is 2.03 bits per heavy atom. The van der Waals surface area contributed by atoms with Crippen LogP contribution in [0.25, 0.3) is 11.1 Å². The normalized spacial score (nSPS) is 18.4. The van der Waals surface area contributed by atoms with E-state index in [2.05, 4.69) is 11.7 Å². The number of halogens is 5. The number of benzene rings is 3. The molecule has 4 rings (SSSR count). The lowest BCUT2D eigenvalue weighted by atomic mass is 9.77. The first-order chi connectivity index (χ1) is 16.6. The van der Waals surface area contributed by atoms with E-state index >= 15 is 0 Å². The van der Waals surface area contributed by atoms with Crippen LogP contribution in [0.15, 0.2) is 54.6 Å². The molecular formula is C28H27F5O2. The molecule has 0 saturated heterocycles. The first kappa shape index (κ1) is 25.0. The van der Waals surface area contributed by atoms with Gasteiger partial charge in [-0.3, -0.25) is 0 Å². The molecule has 0 heterocycles. The molecule has 0 spiro atoms. The second kappa shape index (κ2) is 10.3. The minimum atomic E-state index is -4.83. The van der Waals surface area contributed by atoms with Crippen LogP contribution >= 0.6 is 0 Å². The summed E-state index contributed by atoms with van der Waals surface area (Å²) >= 11 is 0. The molecule has 0 amide bonds. The van der Waals surface area contributed by atoms with Crippen molar-refractivity contribution in [3.05, 3.63) is 77.4 Å². The van der Waals surface area contributed by atoms with E-state index in [1.165, 1.54) is 37.0 Å². The summed E-state index contributed by atoms with van der Waals surface area (Å²) < 4.78 is 75.6. The fraction of sp³-hybridized carbons (Fsp3) is 0.357. The van der Waals surface area contributed by atoms with Gasteiger partial charge in [-0.25, -0.2) is 4.39 Å². The van der Waals surface area contributed by atoms with Crippen LogP contribution in [0.3, 0.4) is 0 Å². The van der Waals surface area contributed by atoms with Gasteiger partial charge in [-0.1, -0.05) is 37.6 Å². The minimum Gasteiger partial charge on any atom is -0.454 e. The Hall–Kier alpha value is -3.09. The van der Waals surface area contributed by atoms with Gasteiger partial charge < -0.3 is 9.47 Å². The van der Waals surface area contributed by atoms with Crippen molar-refractivity contribution in [1.82, 2.24) is 0 Å². The predicted molar refractivity (Wildman–Crippen MR) is 125 cm³/mol. The fourth-order valence-electron chi connectivity index (χ4n) is 4.78. The zero-order valence-electron chi connectivity index (χ0n) is 19.6. The summed E-state index contributed by atoms with van der Waals surface area (Å²) in [6.45, 7) is 3.85. The third kappa shape index (κ3) is 5.95. The Bertz CT molecular complexity index is 1150. The predicted octanol–water partition coefficient (Wildman–Crippen LogP) is 9.31. The van der Waals surface area contributed by atoms with Crippen molar-refractivity contribution >= 4 is 0 Å². The standard InChI is InChI=1S/C28H27F5O2/c1-3-18-4-6-19(7-5-18)20-8-10-21(11-9-20)24-16-25(29)26(30)27(17(24)2)34-22-12-14-23(15-13-22)35-28(31,32)33/h8-16,18-19H,3-7H2,1-2H3/t18-,19-. The van der Waals surface area contributed by atoms with Crippen molar-refractivity contribution in [2.45, 2.75) is 58.2 Å². The maximum Gasteiger partial charge on any atom is 0.573 e. The monoisotopic (exact) mass is 490 g/mol. The highest BCUT2D eigenvalue weighted by Gasteiger charge is 2.31. The van der Waals surface area contributed by atoms with Gasteiger partial charge in [-0.2, -0.15) is 4.39 Å². The van der Waals surface area contributed by atoms with Gasteiger partial charge in [0, 0.05) is 5.56 Å². The van der Waals surface area contributed by atoms with Gasteiger partial charge in [-0.05, 0) is 91.5 Å². The Balaban J connectivity index is 1.56. The maximum absolute atomic E-state index is 14.6. The molecule has 1 fully saturated rings. The molecule has 1 aliphatic rings. The van der Waals surface area contributed by atoms with E-state index in [0.717, 1.165) is 42.5 Å². The Morgan fingerprint density at radius 1 is 0.857 bits per heavy atom. The lowest BCUT2D eigenvalue weighted by molar-refractivity contribution is -0.274. The molecule has 3 aromatic carbocycles. The first-order valence-electron chi connectivity index (χ1n) is 11.8. The molecule has 0 N–H and O–H groups in total. The number of alkyl halides is 3. The van der Waals surface area contributed by atoms with Gasteiger partial charge in [0.1, 0.15) is 11.5 Å². The molecule has 2 nitrogen and oxygen atoms in total. The highest BCUT2D eigenvalue weighted by atomic mass is 19.4. The van der Waals surface area contributed by atoms with Crippen LogP contribution in [-0.2, 0) is 0 Å². The van der Waals surface area contributed by atoms with Gasteiger partial charge in [0.15, 0.2) is 11.6 Å². The van der Waals surface area contributed by atoms with Gasteiger partial charge in [0.05, 0.1) is 0 Å². The van der Waals surface area contributed by atoms with E-state index < -0.39 is 23.7 Å². The van der Waals surface area contributed by atoms with Crippen LogP contribution in [0.2, 0.25) is 0 Å². The van der Waals surface area contributed by atoms with E-state index in [9.17, 15) is 22.0 Å². The number of hydrogen-bond donors (Lipinski definition) is 0. The zero-order chi connectivity index (χ0) is 25.2. The average molecular weight is 491 g/mol. The quantitative estimate of drug-likeness (QED) is 0.321. The van der Waals surface area contributed by atoms with Crippen molar-refractivity contribution in [3.8, 4) is 28.4 Å². The molecule has 0 atom stereocenters. The van der Waals surface area contributed by atoms with Gasteiger partial charge in [0.25, 0.3) is 0 Å². The molecule has 3 aromatic rings. The zero-order valence-corrected chi connectivity index (χ0v) is 19.6. The Kier molecular flexibility index (Phi) is 7.33. The lowest BCUT2D eigenvalue weighted by Crippen LogP contribution is -2.16. The SMILES string of the molecule is CC[C@H]1CC[C@H](c2ccc(-c3cc(F)c(F)c(Oc4ccc(OC(F)(F)F)cc4)c3C)cc2)CC1. The number of ether oxygens (including phenoxy) is 2. The summed E-state index contributed by atoms with van der Waals surface area (Å²) in [6.07, 6.45) is 1.17. The van der Waals surface area contributed by atoms with Crippen molar-refractivity contribution in [2.24, 2.45) is 5.92 Å². The topological polar surface area (TPSA) is 18.5 Å². The molecule has 0 aliphatic heterocycles. The van der Waals surface area contributed by atoms with Crippen molar-refractivity contribution in [2.75, 3.05) is 0 Å². The lowest BCUT2D eigenvalue weighted by Gasteiger charge is -2.28. The van der Waals surface area contributed by atoms with Crippen molar-refractivity contribution < 1.29 is 31.4 Å². The van der Waals surface area contributed by atoms with E-state index in [-0.39, 0.29) is 11.5 Å². The van der Waals surface area contributed by atoms with Crippen molar-refractivity contribution in [1.29, 1.82) is 0 Å². The van der Waals surface area contributed by atoms with E-state index in [0.29, 0.717) is 17.0 Å². The van der Waals surface area contributed by atoms with Crippen LogP contribution in [0.5, 0.6) is 17.2 Å². The summed E-state index contributed by atoms with van der Waals surface area (Å²) in [5.41, 5.74) is 2.85. The first-order valence-corrected chi connectivity index (χ1v) is 11.8. The summed E-state index contributed by atoms with van der Waals surface area (Å²) in [5.74, 6) is -1.61. The smallest absolute Gasteiger partial charge is 0.454 e. The van der Waals surface area contributed by atoms with E-state index in [1.54, 1.807) is 6.92 Å². The molecular weight excluding hydrogens is 463 g/mol. The molecule has 0 unspecified atom stereocenters. The summed E-state index contributed by atoms with van der Waals surface area (Å²) in [4.78, 5) is 0. The molecule has 1 aliphatic carbocycles. The molecule has 7 heteroatoms. The highest BCUT2D eigenvalue weighted by Crippen LogP contribution is 2.40. The van der Waals surface area contributed by atoms with Gasteiger partial charge in [0.2, 0.25) is 5.82 Å². The molecule has 0 bridgehead atoms. The van der Waals surface area contributed by atoms with Crippen molar-refractivity contribution in [3.63, 3.8) is 0 Å². The number of rotatable bonds is 6. The Labute approximate surface area is 201 Å². The molecule has 186 valence electrons.